The highest BCUT2D eigenvalue weighted by Crippen LogP contribution is 2.18. The van der Waals surface area contributed by atoms with Crippen molar-refractivity contribution in [2.75, 3.05) is 0 Å². The molecule has 1 aromatic rings. The van der Waals surface area contributed by atoms with Gasteiger partial charge in [-0.3, -0.25) is 4.79 Å². The minimum absolute atomic E-state index is 0.329. The van der Waals surface area contributed by atoms with Gasteiger partial charge >= 0.3 is 5.97 Å². The first kappa shape index (κ1) is 20.2. The number of carbonyl (C=O) groups is 1. The zero-order valence-electron chi connectivity index (χ0n) is 13.9. The maximum absolute atomic E-state index is 11.1. The zero-order chi connectivity index (χ0) is 17.9. The van der Waals surface area contributed by atoms with Crippen LogP contribution in [-0.2, 0) is 9.53 Å². The molecule has 1 rings (SSSR count). The van der Waals surface area contributed by atoms with Crippen LogP contribution in [0.25, 0.3) is 0 Å². The van der Waals surface area contributed by atoms with Crippen molar-refractivity contribution in [3.05, 3.63) is 46.0 Å². The molecule has 0 N–H and O–H groups in total. The Labute approximate surface area is 154 Å². The minimum Gasteiger partial charge on any atom is -0.449 e. The minimum atomic E-state index is -0.399. The summed E-state index contributed by atoms with van der Waals surface area (Å²) >= 11 is 11.9. The Morgan fingerprint density at radius 1 is 1.21 bits per heavy atom. The van der Waals surface area contributed by atoms with Gasteiger partial charge in [0.05, 0.1) is 0 Å². The van der Waals surface area contributed by atoms with Crippen LogP contribution in [0.3, 0.4) is 0 Å². The van der Waals surface area contributed by atoms with Gasteiger partial charge in [0, 0.05) is 35.4 Å². The highest BCUT2D eigenvalue weighted by molar-refractivity contribution is 6.34. The SMILES string of the molecule is C=C(C)CC#CC(CCCC#Cc1cc(Cl)cc(Cl)c1)OC(C)=O. The molecule has 0 bridgehead atoms. The molecule has 1 atom stereocenters. The average Bonchev–Trinajstić information content (AvgIpc) is 2.44. The number of esters is 1. The molecule has 0 fully saturated rings. The lowest BCUT2D eigenvalue weighted by Gasteiger charge is -2.09. The molecule has 0 spiro atoms. The molecule has 0 amide bonds. The maximum atomic E-state index is 11.1. The Hall–Kier alpha value is -1.87. The maximum Gasteiger partial charge on any atom is 0.303 e. The molecule has 1 unspecified atom stereocenters. The normalized spacial score (nSPS) is 10.7. The molecule has 0 aliphatic carbocycles. The van der Waals surface area contributed by atoms with E-state index in [1.54, 1.807) is 18.2 Å². The summed E-state index contributed by atoms with van der Waals surface area (Å²) in [4.78, 5) is 11.1. The van der Waals surface area contributed by atoms with Crippen LogP contribution in [0.4, 0.5) is 0 Å². The predicted molar refractivity (Wildman–Crippen MR) is 100.0 cm³/mol. The molecule has 24 heavy (non-hydrogen) atoms. The number of carbonyl (C=O) groups excluding carboxylic acids is 1. The first-order valence-electron chi connectivity index (χ1n) is 7.62. The third-order valence-corrected chi connectivity index (χ3v) is 3.26. The van der Waals surface area contributed by atoms with Crippen LogP contribution in [0.15, 0.2) is 30.4 Å². The van der Waals surface area contributed by atoms with Gasteiger partial charge in [0.15, 0.2) is 6.10 Å². The first-order valence-corrected chi connectivity index (χ1v) is 8.37. The van der Waals surface area contributed by atoms with E-state index in [2.05, 4.69) is 30.3 Å². The summed E-state index contributed by atoms with van der Waals surface area (Å²) in [6.07, 6.45) is 2.30. The van der Waals surface area contributed by atoms with Gasteiger partial charge in [0.25, 0.3) is 0 Å². The second-order valence-corrected chi connectivity index (χ2v) is 6.28. The molecule has 0 saturated carbocycles. The van der Waals surface area contributed by atoms with Crippen LogP contribution in [0.5, 0.6) is 0 Å². The van der Waals surface area contributed by atoms with E-state index < -0.39 is 6.10 Å². The number of hydrogen-bond acceptors (Lipinski definition) is 2. The largest absolute Gasteiger partial charge is 0.449 e. The summed E-state index contributed by atoms with van der Waals surface area (Å²) in [7, 11) is 0. The van der Waals surface area contributed by atoms with Crippen molar-refractivity contribution in [1.82, 2.24) is 0 Å². The second-order valence-electron chi connectivity index (χ2n) is 5.41. The van der Waals surface area contributed by atoms with E-state index in [0.29, 0.717) is 29.3 Å². The Balaban J connectivity index is 2.52. The number of hydrogen-bond donors (Lipinski definition) is 0. The number of halogens is 2. The van der Waals surface area contributed by atoms with Gasteiger partial charge in [-0.2, -0.15) is 0 Å². The summed E-state index contributed by atoms with van der Waals surface area (Å²) in [5.41, 5.74) is 1.76. The van der Waals surface area contributed by atoms with E-state index in [1.165, 1.54) is 6.92 Å². The molecule has 0 aromatic heterocycles. The van der Waals surface area contributed by atoms with Gasteiger partial charge in [-0.1, -0.05) is 59.0 Å². The third-order valence-electron chi connectivity index (χ3n) is 2.82. The highest BCUT2D eigenvalue weighted by Gasteiger charge is 2.07. The molecule has 0 aliphatic rings. The molecule has 0 aliphatic heterocycles. The lowest BCUT2D eigenvalue weighted by atomic mass is 10.1. The summed E-state index contributed by atoms with van der Waals surface area (Å²) in [6.45, 7) is 7.09. The van der Waals surface area contributed by atoms with E-state index in [4.69, 9.17) is 27.9 Å². The summed E-state index contributed by atoms with van der Waals surface area (Å²) in [6, 6.07) is 5.21. The summed E-state index contributed by atoms with van der Waals surface area (Å²) in [5, 5.41) is 1.13. The van der Waals surface area contributed by atoms with Crippen LogP contribution in [0.2, 0.25) is 10.0 Å². The van der Waals surface area contributed by atoms with Crippen LogP contribution in [-0.4, -0.2) is 12.1 Å². The van der Waals surface area contributed by atoms with Crippen molar-refractivity contribution in [2.45, 2.75) is 45.6 Å². The average molecular weight is 363 g/mol. The third kappa shape index (κ3) is 9.31. The Morgan fingerprint density at radius 2 is 1.88 bits per heavy atom. The number of benzene rings is 1. The summed E-state index contributed by atoms with van der Waals surface area (Å²) < 4.78 is 5.20. The standard InChI is InChI=1S/C20H20Cl2O2/c1-15(2)8-7-11-20(24-16(3)23)10-6-4-5-9-17-12-18(21)14-19(22)13-17/h12-14,20H,1,4,6,8,10H2,2-3H3. The lowest BCUT2D eigenvalue weighted by molar-refractivity contribution is -0.143. The van der Waals surface area contributed by atoms with Crippen molar-refractivity contribution in [3.63, 3.8) is 0 Å². The number of ether oxygens (including phenoxy) is 1. The Morgan fingerprint density at radius 3 is 2.46 bits per heavy atom. The van der Waals surface area contributed by atoms with Crippen molar-refractivity contribution < 1.29 is 9.53 Å². The van der Waals surface area contributed by atoms with Crippen LogP contribution in [0, 0.1) is 23.7 Å². The number of allylic oxidation sites excluding steroid dienone is 1. The molecule has 0 radical (unpaired) electrons. The van der Waals surface area contributed by atoms with E-state index in [-0.39, 0.29) is 5.97 Å². The summed E-state index contributed by atoms with van der Waals surface area (Å²) in [5.74, 6) is 11.7. The second kappa shape index (κ2) is 10.8. The lowest BCUT2D eigenvalue weighted by Crippen LogP contribution is -2.14. The topological polar surface area (TPSA) is 26.3 Å². The first-order chi connectivity index (χ1) is 11.4. The molecule has 1 aromatic carbocycles. The fourth-order valence-electron chi connectivity index (χ4n) is 1.84. The molecule has 0 saturated heterocycles. The van der Waals surface area contributed by atoms with Crippen molar-refractivity contribution in [3.8, 4) is 23.7 Å². The van der Waals surface area contributed by atoms with E-state index in [9.17, 15) is 4.79 Å². The van der Waals surface area contributed by atoms with Crippen molar-refractivity contribution >= 4 is 29.2 Å². The van der Waals surface area contributed by atoms with Gasteiger partial charge in [0.1, 0.15) is 0 Å². The number of unbranched alkanes of at least 4 members (excludes halogenated alkanes) is 1. The molecule has 0 heterocycles. The van der Waals surface area contributed by atoms with Crippen molar-refractivity contribution in [2.24, 2.45) is 0 Å². The fourth-order valence-corrected chi connectivity index (χ4v) is 2.37. The molecular weight excluding hydrogens is 343 g/mol. The van der Waals surface area contributed by atoms with Gasteiger partial charge in [0.2, 0.25) is 0 Å². The van der Waals surface area contributed by atoms with E-state index in [1.807, 2.05) is 6.92 Å². The van der Waals surface area contributed by atoms with Gasteiger partial charge in [-0.05, 0) is 38.0 Å². The van der Waals surface area contributed by atoms with Crippen LogP contribution >= 0.6 is 23.2 Å². The van der Waals surface area contributed by atoms with Crippen LogP contribution < -0.4 is 0 Å². The van der Waals surface area contributed by atoms with Gasteiger partial charge < -0.3 is 4.74 Å². The highest BCUT2D eigenvalue weighted by atomic mass is 35.5. The molecular formula is C20H20Cl2O2. The fraction of sp³-hybridized carbons (Fsp3) is 0.350. The van der Waals surface area contributed by atoms with E-state index in [0.717, 1.165) is 17.6 Å². The smallest absolute Gasteiger partial charge is 0.303 e. The molecule has 2 nitrogen and oxygen atoms in total. The Kier molecular flexibility index (Phi) is 9.10. The monoisotopic (exact) mass is 362 g/mol. The Bertz CT molecular complexity index is 694. The quantitative estimate of drug-likeness (QED) is 0.302. The predicted octanol–water partition coefficient (Wildman–Crippen LogP) is 5.42. The molecule has 4 heteroatoms. The van der Waals surface area contributed by atoms with Gasteiger partial charge in [-0.15, -0.1) is 0 Å². The van der Waals surface area contributed by atoms with Gasteiger partial charge in [-0.25, -0.2) is 0 Å². The van der Waals surface area contributed by atoms with Crippen molar-refractivity contribution in [1.29, 1.82) is 0 Å². The molecule has 126 valence electrons. The van der Waals surface area contributed by atoms with Crippen LogP contribution in [0.1, 0.15) is 45.1 Å². The van der Waals surface area contributed by atoms with E-state index >= 15 is 0 Å². The zero-order valence-corrected chi connectivity index (χ0v) is 15.4. The number of rotatable bonds is 5.